The number of fused-ring (bicyclic) bond motifs is 2. The molecule has 166 valence electrons. The van der Waals surface area contributed by atoms with E-state index in [0.29, 0.717) is 12.0 Å². The van der Waals surface area contributed by atoms with E-state index in [4.69, 9.17) is 0 Å². The van der Waals surface area contributed by atoms with E-state index in [2.05, 4.69) is 16.0 Å². The fourth-order valence-electron chi connectivity index (χ4n) is 4.28. The maximum atomic E-state index is 13.5. The number of carbonyl (C=O) groups excluding carboxylic acids is 2. The summed E-state index contributed by atoms with van der Waals surface area (Å²) in [6.07, 6.45) is 2.38. The number of carbonyl (C=O) groups is 2. The molecule has 1 aliphatic rings. The molecule has 1 atom stereocenters. The van der Waals surface area contributed by atoms with Crippen LogP contribution < -0.4 is 10.2 Å². The lowest BCUT2D eigenvalue weighted by molar-refractivity contribution is -0.117. The number of Topliss-reactive ketones (excluding diaryl/α,β-unsaturated/α-hetero) is 1. The maximum absolute atomic E-state index is 13.5. The summed E-state index contributed by atoms with van der Waals surface area (Å²) in [6, 6.07) is 20.9. The second-order valence-corrected chi connectivity index (χ2v) is 9.46. The molecule has 5 rings (SSSR count). The predicted molar refractivity (Wildman–Crippen MR) is 133 cm³/mol. The Hall–Kier alpha value is -3.64. The van der Waals surface area contributed by atoms with Gasteiger partial charge in [-0.3, -0.25) is 9.59 Å². The number of ketones is 1. The zero-order valence-electron chi connectivity index (χ0n) is 18.6. The minimum absolute atomic E-state index is 0.00100. The van der Waals surface area contributed by atoms with E-state index in [1.165, 1.54) is 4.88 Å². The largest absolute Gasteiger partial charge is 0.370 e. The average molecular weight is 456 g/mol. The highest BCUT2D eigenvalue weighted by molar-refractivity contribution is 7.10. The number of thiophene rings is 1. The van der Waals surface area contributed by atoms with E-state index < -0.39 is 6.04 Å². The van der Waals surface area contributed by atoms with Crippen molar-refractivity contribution < 1.29 is 9.59 Å². The van der Waals surface area contributed by atoms with Gasteiger partial charge in [-0.15, -0.1) is 11.3 Å². The van der Waals surface area contributed by atoms with Crippen LogP contribution in [-0.4, -0.2) is 23.3 Å². The molecule has 0 saturated carbocycles. The summed E-state index contributed by atoms with van der Waals surface area (Å²) in [7, 11) is 1.78. The molecule has 1 aliphatic heterocycles. The first-order valence-electron chi connectivity index (χ1n) is 10.9. The van der Waals surface area contributed by atoms with Crippen molar-refractivity contribution in [2.75, 3.05) is 17.3 Å². The minimum atomic E-state index is -0.476. The molecule has 3 heterocycles. The van der Waals surface area contributed by atoms with Crippen LogP contribution in [0.3, 0.4) is 0 Å². The lowest BCUT2D eigenvalue weighted by Gasteiger charge is -2.20. The highest BCUT2D eigenvalue weighted by Crippen LogP contribution is 2.31. The van der Waals surface area contributed by atoms with Gasteiger partial charge >= 0.3 is 0 Å². The van der Waals surface area contributed by atoms with Gasteiger partial charge in [0.05, 0.1) is 6.42 Å². The molecule has 0 fully saturated rings. The molecule has 33 heavy (non-hydrogen) atoms. The predicted octanol–water partition coefficient (Wildman–Crippen LogP) is 5.46. The van der Waals surface area contributed by atoms with Crippen molar-refractivity contribution in [3.63, 3.8) is 0 Å². The van der Waals surface area contributed by atoms with Gasteiger partial charge in [0.2, 0.25) is 5.91 Å². The van der Waals surface area contributed by atoms with Crippen LogP contribution in [0.4, 0.5) is 11.4 Å². The number of nitrogens with one attached hydrogen (secondary N) is 1. The van der Waals surface area contributed by atoms with E-state index in [0.717, 1.165) is 34.7 Å². The van der Waals surface area contributed by atoms with Gasteiger partial charge in [-0.25, -0.2) is 0 Å². The Kier molecular flexibility index (Phi) is 5.60. The molecule has 0 spiro atoms. The van der Waals surface area contributed by atoms with Crippen molar-refractivity contribution in [2.24, 2.45) is 0 Å². The number of aryl methyl sites for hydroxylation is 1. The molecule has 6 heteroatoms. The average Bonchev–Trinajstić information content (AvgIpc) is 3.42. The Bertz CT molecular complexity index is 1320. The van der Waals surface area contributed by atoms with Crippen LogP contribution in [0.2, 0.25) is 0 Å². The molecule has 0 saturated heterocycles. The van der Waals surface area contributed by atoms with Crippen LogP contribution in [0.1, 0.15) is 38.1 Å². The third-order valence-corrected chi connectivity index (χ3v) is 7.19. The highest BCUT2D eigenvalue weighted by Gasteiger charge is 2.28. The van der Waals surface area contributed by atoms with Crippen LogP contribution in [-0.2, 0) is 17.8 Å². The summed E-state index contributed by atoms with van der Waals surface area (Å²) in [4.78, 5) is 29.1. The van der Waals surface area contributed by atoms with Crippen molar-refractivity contribution in [2.45, 2.75) is 25.9 Å². The third-order valence-electron chi connectivity index (χ3n) is 6.30. The number of rotatable bonds is 5. The zero-order valence-corrected chi connectivity index (χ0v) is 19.4. The monoisotopic (exact) mass is 455 g/mol. The Labute approximate surface area is 197 Å². The number of likely N-dealkylation sites (N-methyl/N-ethyl adjacent to an activating group) is 1. The number of anilines is 2. The van der Waals surface area contributed by atoms with E-state index >= 15 is 0 Å². The number of hydrogen-bond acceptors (Lipinski definition) is 4. The SMILES string of the molecule is Cc1sccc1CC(=O)N(C)c1ccc(C(=O)C2Nc3ccccc3Cn3cccc32)cc1. The number of benzene rings is 2. The van der Waals surface area contributed by atoms with Gasteiger partial charge in [-0.2, -0.15) is 0 Å². The molecule has 2 aromatic carbocycles. The van der Waals surface area contributed by atoms with Crippen LogP contribution in [0.25, 0.3) is 0 Å². The van der Waals surface area contributed by atoms with E-state index in [1.807, 2.05) is 79.2 Å². The lowest BCUT2D eigenvalue weighted by Crippen LogP contribution is -2.28. The third kappa shape index (κ3) is 4.10. The first kappa shape index (κ1) is 21.2. The molecule has 1 amide bonds. The van der Waals surface area contributed by atoms with Gasteiger partial charge in [-0.05, 0) is 72.0 Å². The van der Waals surface area contributed by atoms with Crippen molar-refractivity contribution in [1.82, 2.24) is 4.57 Å². The van der Waals surface area contributed by atoms with E-state index in [1.54, 1.807) is 23.3 Å². The second kappa shape index (κ2) is 8.71. The van der Waals surface area contributed by atoms with E-state index in [9.17, 15) is 9.59 Å². The fourth-order valence-corrected chi connectivity index (χ4v) is 5.01. The molecule has 0 bridgehead atoms. The number of aromatic nitrogens is 1. The molecular formula is C27H25N3O2S. The number of nitrogens with zero attached hydrogens (tertiary/aromatic N) is 2. The molecule has 1 unspecified atom stereocenters. The quantitative estimate of drug-likeness (QED) is 0.407. The molecular weight excluding hydrogens is 430 g/mol. The molecule has 5 nitrogen and oxygen atoms in total. The normalized spacial score (nSPS) is 14.5. The van der Waals surface area contributed by atoms with Crippen LogP contribution in [0.15, 0.2) is 78.3 Å². The molecule has 2 aromatic heterocycles. The maximum Gasteiger partial charge on any atom is 0.231 e. The summed E-state index contributed by atoms with van der Waals surface area (Å²) in [6.45, 7) is 2.76. The molecule has 1 N–H and O–H groups in total. The molecule has 0 radical (unpaired) electrons. The number of hydrogen-bond donors (Lipinski definition) is 1. The summed E-state index contributed by atoms with van der Waals surface area (Å²) in [5.74, 6) is 0.0246. The van der Waals surface area contributed by atoms with E-state index in [-0.39, 0.29) is 11.7 Å². The van der Waals surface area contributed by atoms with Crippen LogP contribution >= 0.6 is 11.3 Å². The summed E-state index contributed by atoms with van der Waals surface area (Å²) in [5.41, 5.74) is 5.52. The Balaban J connectivity index is 1.36. The van der Waals surface area contributed by atoms with Gasteiger partial charge < -0.3 is 14.8 Å². The van der Waals surface area contributed by atoms with Gasteiger partial charge in [0.1, 0.15) is 6.04 Å². The van der Waals surface area contributed by atoms with Gasteiger partial charge in [0, 0.05) is 47.3 Å². The standard InChI is InChI=1S/C27H25N3O2S/c1-18-20(13-15-33-18)16-25(31)29(2)22-11-9-19(10-12-22)27(32)26-24-8-5-14-30(24)17-21-6-3-4-7-23(21)28-26/h3-15,26,28H,16-17H2,1-2H3. The molecule has 4 aromatic rings. The van der Waals surface area contributed by atoms with Crippen molar-refractivity contribution >= 4 is 34.4 Å². The first-order chi connectivity index (χ1) is 16.0. The second-order valence-electron chi connectivity index (χ2n) is 8.34. The lowest BCUT2D eigenvalue weighted by atomic mass is 10.0. The fraction of sp³-hybridized carbons (Fsp3) is 0.185. The summed E-state index contributed by atoms with van der Waals surface area (Å²) >= 11 is 1.65. The van der Waals surface area contributed by atoms with Gasteiger partial charge in [-0.1, -0.05) is 18.2 Å². The Morgan fingerprint density at radius 2 is 1.85 bits per heavy atom. The summed E-state index contributed by atoms with van der Waals surface area (Å²) < 4.78 is 2.12. The number of amides is 1. The van der Waals surface area contributed by atoms with Gasteiger partial charge in [0.15, 0.2) is 5.78 Å². The van der Waals surface area contributed by atoms with Crippen molar-refractivity contribution in [3.05, 3.63) is 106 Å². The Morgan fingerprint density at radius 3 is 2.61 bits per heavy atom. The van der Waals surface area contributed by atoms with Gasteiger partial charge in [0.25, 0.3) is 0 Å². The highest BCUT2D eigenvalue weighted by atomic mass is 32.1. The van der Waals surface area contributed by atoms with Crippen molar-refractivity contribution in [1.29, 1.82) is 0 Å². The topological polar surface area (TPSA) is 54.3 Å². The minimum Gasteiger partial charge on any atom is -0.370 e. The Morgan fingerprint density at radius 1 is 1.06 bits per heavy atom. The first-order valence-corrected chi connectivity index (χ1v) is 11.8. The smallest absolute Gasteiger partial charge is 0.231 e. The van der Waals surface area contributed by atoms with Crippen LogP contribution in [0, 0.1) is 6.92 Å². The number of para-hydroxylation sites is 1. The zero-order chi connectivity index (χ0) is 22.9. The molecule has 0 aliphatic carbocycles. The van der Waals surface area contributed by atoms with Crippen molar-refractivity contribution in [3.8, 4) is 0 Å². The summed E-state index contributed by atoms with van der Waals surface area (Å²) in [5, 5.41) is 5.46. The van der Waals surface area contributed by atoms with Crippen LogP contribution in [0.5, 0.6) is 0 Å².